The molecule has 0 aliphatic carbocycles. The van der Waals surface area contributed by atoms with E-state index in [2.05, 4.69) is 0 Å². The Balaban J connectivity index is 2.73. The lowest BCUT2D eigenvalue weighted by molar-refractivity contribution is -0.140. The summed E-state index contributed by atoms with van der Waals surface area (Å²) < 4.78 is 36.0. The number of alkyl halides is 1. The molecule has 7 heteroatoms. The van der Waals surface area contributed by atoms with E-state index in [-0.39, 0.29) is 18.7 Å². The molecular weight excluding hydrogens is 225 g/mol. The summed E-state index contributed by atoms with van der Waals surface area (Å²) in [6.07, 6.45) is 0.807. The Hall–Kier alpha value is -0.690. The predicted octanol–water partition coefficient (Wildman–Crippen LogP) is 0.225. The second-order valence-electron chi connectivity index (χ2n) is 3.47. The quantitative estimate of drug-likeness (QED) is 0.745. The van der Waals surface area contributed by atoms with Crippen LogP contribution in [0.4, 0.5) is 4.39 Å². The molecule has 15 heavy (non-hydrogen) atoms. The smallest absolute Gasteiger partial charge is 0.322 e. The number of carbonyl (C=O) groups is 1. The molecule has 1 rings (SSSR count). The van der Waals surface area contributed by atoms with Gasteiger partial charge in [-0.25, -0.2) is 8.42 Å². The van der Waals surface area contributed by atoms with E-state index in [1.54, 1.807) is 0 Å². The van der Waals surface area contributed by atoms with Gasteiger partial charge in [-0.15, -0.1) is 0 Å². The highest BCUT2D eigenvalue weighted by molar-refractivity contribution is 7.89. The van der Waals surface area contributed by atoms with Crippen LogP contribution in [-0.2, 0) is 14.8 Å². The molecule has 1 atom stereocenters. The third-order valence-corrected chi connectivity index (χ3v) is 4.34. The average Bonchev–Trinajstić information content (AvgIpc) is 2.63. The molecule has 5 nitrogen and oxygen atoms in total. The summed E-state index contributed by atoms with van der Waals surface area (Å²) in [6, 6.07) is -0.963. The Morgan fingerprint density at radius 3 is 2.73 bits per heavy atom. The lowest BCUT2D eigenvalue weighted by Crippen LogP contribution is -2.41. The molecule has 0 amide bonds. The Kier molecular flexibility index (Phi) is 4.04. The highest BCUT2D eigenvalue weighted by Crippen LogP contribution is 2.21. The minimum absolute atomic E-state index is 0.0782. The van der Waals surface area contributed by atoms with E-state index in [0.29, 0.717) is 12.8 Å². The first kappa shape index (κ1) is 12.4. The molecule has 88 valence electrons. The van der Waals surface area contributed by atoms with Crippen molar-refractivity contribution in [2.75, 3.05) is 19.0 Å². The monoisotopic (exact) mass is 239 g/mol. The van der Waals surface area contributed by atoms with Gasteiger partial charge >= 0.3 is 5.97 Å². The van der Waals surface area contributed by atoms with Crippen LogP contribution >= 0.6 is 0 Å². The Bertz CT molecular complexity index is 330. The lowest BCUT2D eigenvalue weighted by Gasteiger charge is -2.20. The lowest BCUT2D eigenvalue weighted by atomic mass is 10.2. The molecule has 0 aromatic carbocycles. The van der Waals surface area contributed by atoms with Gasteiger partial charge in [-0.2, -0.15) is 4.31 Å². The average molecular weight is 239 g/mol. The Labute approximate surface area is 87.9 Å². The van der Waals surface area contributed by atoms with Crippen molar-refractivity contribution in [3.63, 3.8) is 0 Å². The highest BCUT2D eigenvalue weighted by Gasteiger charge is 2.38. The Morgan fingerprint density at radius 2 is 2.20 bits per heavy atom. The normalized spacial score (nSPS) is 23.1. The van der Waals surface area contributed by atoms with Crippen LogP contribution in [0.25, 0.3) is 0 Å². The summed E-state index contributed by atoms with van der Waals surface area (Å²) in [5.74, 6) is -1.44. The van der Waals surface area contributed by atoms with Gasteiger partial charge < -0.3 is 5.11 Å². The van der Waals surface area contributed by atoms with Gasteiger partial charge in [-0.3, -0.25) is 9.18 Å². The molecule has 0 radical (unpaired) electrons. The van der Waals surface area contributed by atoms with Gasteiger partial charge in [0.1, 0.15) is 6.04 Å². The summed E-state index contributed by atoms with van der Waals surface area (Å²) in [4.78, 5) is 10.8. The molecule has 0 aromatic rings. The number of sulfonamides is 1. The molecule has 0 saturated carbocycles. The van der Waals surface area contributed by atoms with Gasteiger partial charge in [0, 0.05) is 6.54 Å². The summed E-state index contributed by atoms with van der Waals surface area (Å²) in [5.41, 5.74) is 0. The molecular formula is C8H14FNO4S. The topological polar surface area (TPSA) is 74.7 Å². The fourth-order valence-electron chi connectivity index (χ4n) is 1.67. The van der Waals surface area contributed by atoms with Crippen molar-refractivity contribution in [1.29, 1.82) is 0 Å². The third-order valence-electron chi connectivity index (χ3n) is 2.38. The summed E-state index contributed by atoms with van der Waals surface area (Å²) in [6.45, 7) is -0.476. The number of carboxylic acids is 1. The second-order valence-corrected chi connectivity index (χ2v) is 5.51. The minimum atomic E-state index is -3.60. The van der Waals surface area contributed by atoms with E-state index >= 15 is 0 Å². The predicted molar refractivity (Wildman–Crippen MR) is 51.7 cm³/mol. The largest absolute Gasteiger partial charge is 0.480 e. The summed E-state index contributed by atoms with van der Waals surface area (Å²) in [5, 5.41) is 8.79. The number of rotatable bonds is 5. The minimum Gasteiger partial charge on any atom is -0.480 e. The molecule has 1 fully saturated rings. The van der Waals surface area contributed by atoms with Crippen LogP contribution in [0, 0.1) is 0 Å². The third kappa shape index (κ3) is 2.88. The number of nitrogens with zero attached hydrogens (tertiary/aromatic N) is 1. The SMILES string of the molecule is O=C(O)[C@H]1CCCN1S(=O)(=O)CCCF. The van der Waals surface area contributed by atoms with Crippen LogP contribution in [0.5, 0.6) is 0 Å². The van der Waals surface area contributed by atoms with Crippen LogP contribution in [0.2, 0.25) is 0 Å². The van der Waals surface area contributed by atoms with E-state index < -0.39 is 28.7 Å². The molecule has 0 unspecified atom stereocenters. The first-order valence-corrected chi connectivity index (χ1v) is 6.38. The van der Waals surface area contributed by atoms with Crippen molar-refractivity contribution in [2.24, 2.45) is 0 Å². The molecule has 0 spiro atoms. The number of halogens is 1. The van der Waals surface area contributed by atoms with Crippen molar-refractivity contribution in [3.8, 4) is 0 Å². The first-order chi connectivity index (χ1) is 6.99. The van der Waals surface area contributed by atoms with Crippen molar-refractivity contribution in [3.05, 3.63) is 0 Å². The maximum absolute atomic E-state index is 11.9. The van der Waals surface area contributed by atoms with Crippen LogP contribution in [0.3, 0.4) is 0 Å². The van der Waals surface area contributed by atoms with Crippen molar-refractivity contribution in [1.82, 2.24) is 4.31 Å². The zero-order chi connectivity index (χ0) is 11.5. The summed E-state index contributed by atoms with van der Waals surface area (Å²) in [7, 11) is -3.60. The molecule has 1 heterocycles. The van der Waals surface area contributed by atoms with Crippen molar-refractivity contribution in [2.45, 2.75) is 25.3 Å². The zero-order valence-corrected chi connectivity index (χ0v) is 9.04. The fraction of sp³-hybridized carbons (Fsp3) is 0.875. The van der Waals surface area contributed by atoms with Crippen LogP contribution < -0.4 is 0 Å². The molecule has 1 aliphatic rings. The van der Waals surface area contributed by atoms with E-state index in [9.17, 15) is 17.6 Å². The standard InChI is InChI=1S/C8H14FNO4S/c9-4-2-6-15(13,14)10-5-1-3-7(10)8(11)12/h7H,1-6H2,(H,11,12)/t7-/m1/s1. The van der Waals surface area contributed by atoms with E-state index in [4.69, 9.17) is 5.11 Å². The number of carboxylic acid groups (broad SMARTS) is 1. The molecule has 0 bridgehead atoms. The molecule has 1 aliphatic heterocycles. The number of aliphatic carboxylic acids is 1. The number of hydrogen-bond acceptors (Lipinski definition) is 3. The van der Waals surface area contributed by atoms with Crippen LogP contribution in [-0.4, -0.2) is 48.8 Å². The summed E-state index contributed by atoms with van der Waals surface area (Å²) >= 11 is 0. The van der Waals surface area contributed by atoms with Gasteiger partial charge in [0.2, 0.25) is 10.0 Å². The van der Waals surface area contributed by atoms with Gasteiger partial charge in [0.05, 0.1) is 12.4 Å². The van der Waals surface area contributed by atoms with E-state index in [1.807, 2.05) is 0 Å². The van der Waals surface area contributed by atoms with Crippen molar-refractivity contribution >= 4 is 16.0 Å². The van der Waals surface area contributed by atoms with Gasteiger partial charge in [0.25, 0.3) is 0 Å². The molecule has 0 aromatic heterocycles. The van der Waals surface area contributed by atoms with E-state index in [1.165, 1.54) is 0 Å². The van der Waals surface area contributed by atoms with E-state index in [0.717, 1.165) is 4.31 Å². The first-order valence-electron chi connectivity index (χ1n) is 4.77. The van der Waals surface area contributed by atoms with Gasteiger partial charge in [-0.1, -0.05) is 0 Å². The maximum atomic E-state index is 11.9. The molecule has 1 saturated heterocycles. The second kappa shape index (κ2) is 4.89. The van der Waals surface area contributed by atoms with Crippen LogP contribution in [0.15, 0.2) is 0 Å². The van der Waals surface area contributed by atoms with Gasteiger partial charge in [-0.05, 0) is 19.3 Å². The van der Waals surface area contributed by atoms with Crippen LogP contribution in [0.1, 0.15) is 19.3 Å². The molecule has 1 N–H and O–H groups in total. The van der Waals surface area contributed by atoms with Crippen molar-refractivity contribution < 1.29 is 22.7 Å². The maximum Gasteiger partial charge on any atom is 0.322 e. The number of hydrogen-bond donors (Lipinski definition) is 1. The Morgan fingerprint density at radius 1 is 1.53 bits per heavy atom. The highest BCUT2D eigenvalue weighted by atomic mass is 32.2. The fourth-order valence-corrected chi connectivity index (χ4v) is 3.37. The zero-order valence-electron chi connectivity index (χ0n) is 8.23. The van der Waals surface area contributed by atoms with Gasteiger partial charge in [0.15, 0.2) is 0 Å².